The molecule has 0 saturated heterocycles. The summed E-state index contributed by atoms with van der Waals surface area (Å²) in [6.45, 7) is 1.83. The van der Waals surface area contributed by atoms with Gasteiger partial charge < -0.3 is 5.32 Å². The third-order valence-corrected chi connectivity index (χ3v) is 3.63. The largest absolute Gasteiger partial charge is 0.322 e. The van der Waals surface area contributed by atoms with E-state index in [4.69, 9.17) is 0 Å². The summed E-state index contributed by atoms with van der Waals surface area (Å²) in [6.07, 6.45) is 6.15. The molecule has 0 aliphatic carbocycles. The summed E-state index contributed by atoms with van der Waals surface area (Å²) in [5.74, 6) is -0.141. The van der Waals surface area contributed by atoms with Crippen LogP contribution in [0.15, 0.2) is 55.0 Å². The lowest BCUT2D eigenvalue weighted by Crippen LogP contribution is -2.12. The molecule has 0 spiro atoms. The molecule has 0 atom stereocenters. The van der Waals surface area contributed by atoms with E-state index in [0.717, 1.165) is 17.8 Å². The molecule has 0 fully saturated rings. The first kappa shape index (κ1) is 15.0. The van der Waals surface area contributed by atoms with Crippen molar-refractivity contribution in [2.45, 2.75) is 13.3 Å². The number of aryl methyl sites for hydroxylation is 2. The molecule has 0 radical (unpaired) electrons. The molecule has 0 saturated carbocycles. The highest BCUT2D eigenvalue weighted by atomic mass is 16.1. The minimum Gasteiger partial charge on any atom is -0.322 e. The van der Waals surface area contributed by atoms with Crippen molar-refractivity contribution >= 4 is 11.6 Å². The number of rotatable bonds is 4. The van der Waals surface area contributed by atoms with Gasteiger partial charge in [0.2, 0.25) is 0 Å². The smallest absolute Gasteiger partial charge is 0.259 e. The van der Waals surface area contributed by atoms with Crippen molar-refractivity contribution in [2.24, 2.45) is 7.05 Å². The van der Waals surface area contributed by atoms with Gasteiger partial charge in [-0.3, -0.25) is 14.5 Å². The van der Waals surface area contributed by atoms with Gasteiger partial charge in [-0.1, -0.05) is 12.1 Å². The molecule has 1 aromatic carbocycles. The summed E-state index contributed by atoms with van der Waals surface area (Å²) in [5, 5.41) is 7.09. The van der Waals surface area contributed by atoms with E-state index in [-0.39, 0.29) is 5.91 Å². The van der Waals surface area contributed by atoms with Gasteiger partial charge in [0.05, 0.1) is 11.3 Å². The maximum Gasteiger partial charge on any atom is 0.259 e. The summed E-state index contributed by atoms with van der Waals surface area (Å²) in [7, 11) is 1.80. The quantitative estimate of drug-likeness (QED) is 0.806. The van der Waals surface area contributed by atoms with Gasteiger partial charge in [0.25, 0.3) is 5.91 Å². The van der Waals surface area contributed by atoms with Crippen molar-refractivity contribution in [3.8, 4) is 0 Å². The van der Waals surface area contributed by atoms with Gasteiger partial charge in [0.15, 0.2) is 0 Å². The van der Waals surface area contributed by atoms with Crippen LogP contribution in [0.2, 0.25) is 0 Å². The Hall–Kier alpha value is -2.95. The number of carbonyl (C=O) groups excluding carboxylic acids is 1. The van der Waals surface area contributed by atoms with Gasteiger partial charge in [-0.15, -0.1) is 0 Å². The molecule has 3 aromatic rings. The number of pyridine rings is 1. The molecule has 1 amide bonds. The van der Waals surface area contributed by atoms with Crippen molar-refractivity contribution in [2.75, 3.05) is 5.32 Å². The number of amides is 1. The number of carbonyl (C=O) groups is 1. The van der Waals surface area contributed by atoms with E-state index >= 15 is 0 Å². The van der Waals surface area contributed by atoms with Crippen LogP contribution in [0.5, 0.6) is 0 Å². The zero-order valence-corrected chi connectivity index (χ0v) is 13.2. The van der Waals surface area contributed by atoms with Crippen LogP contribution < -0.4 is 5.32 Å². The maximum absolute atomic E-state index is 12.3. The number of anilines is 1. The molecule has 116 valence electrons. The first-order valence-corrected chi connectivity index (χ1v) is 7.41. The van der Waals surface area contributed by atoms with Gasteiger partial charge in [0, 0.05) is 31.3 Å². The molecule has 2 heterocycles. The van der Waals surface area contributed by atoms with Crippen LogP contribution in [0.25, 0.3) is 0 Å². The normalized spacial score (nSPS) is 10.5. The Morgan fingerprint density at radius 3 is 2.35 bits per heavy atom. The lowest BCUT2D eigenvalue weighted by molar-refractivity contribution is 0.102. The van der Waals surface area contributed by atoms with E-state index in [2.05, 4.69) is 15.4 Å². The number of aromatic nitrogens is 3. The molecule has 0 unspecified atom stereocenters. The topological polar surface area (TPSA) is 59.8 Å². The fourth-order valence-corrected chi connectivity index (χ4v) is 2.46. The van der Waals surface area contributed by atoms with E-state index in [0.29, 0.717) is 5.56 Å². The van der Waals surface area contributed by atoms with E-state index in [1.165, 1.54) is 11.1 Å². The summed E-state index contributed by atoms with van der Waals surface area (Å²) in [6, 6.07) is 11.9. The minimum atomic E-state index is -0.141. The van der Waals surface area contributed by atoms with E-state index in [1.54, 1.807) is 30.3 Å². The molecule has 0 bridgehead atoms. The van der Waals surface area contributed by atoms with Crippen LogP contribution in [0.1, 0.15) is 27.2 Å². The molecule has 0 aliphatic rings. The van der Waals surface area contributed by atoms with Gasteiger partial charge >= 0.3 is 0 Å². The Balaban J connectivity index is 1.68. The van der Waals surface area contributed by atoms with Gasteiger partial charge in [-0.05, 0) is 48.7 Å². The average Bonchev–Trinajstić information content (AvgIpc) is 2.89. The van der Waals surface area contributed by atoms with Crippen LogP contribution in [0, 0.1) is 6.92 Å². The van der Waals surface area contributed by atoms with Crippen LogP contribution in [-0.4, -0.2) is 20.7 Å². The molecule has 5 nitrogen and oxygen atoms in total. The first-order chi connectivity index (χ1) is 11.1. The number of nitrogens with zero attached hydrogens (tertiary/aromatic N) is 3. The average molecular weight is 306 g/mol. The number of hydrogen-bond acceptors (Lipinski definition) is 3. The predicted molar refractivity (Wildman–Crippen MR) is 89.4 cm³/mol. The standard InChI is InChI=1S/C18H18N4O/c1-13-17(12-22(2)21-13)18(23)20-16-5-3-14(4-6-16)11-15-7-9-19-10-8-15/h3-10,12H,11H2,1-2H3,(H,20,23). The van der Waals surface area contributed by atoms with Crippen LogP contribution >= 0.6 is 0 Å². The molecule has 23 heavy (non-hydrogen) atoms. The van der Waals surface area contributed by atoms with Crippen molar-refractivity contribution in [1.82, 2.24) is 14.8 Å². The van der Waals surface area contributed by atoms with Gasteiger partial charge in [0.1, 0.15) is 0 Å². The molecular formula is C18H18N4O. The fraction of sp³-hybridized carbons (Fsp3) is 0.167. The highest BCUT2D eigenvalue weighted by Crippen LogP contribution is 2.15. The Bertz CT molecular complexity index is 807. The summed E-state index contributed by atoms with van der Waals surface area (Å²) < 4.78 is 1.64. The Morgan fingerprint density at radius 2 is 1.74 bits per heavy atom. The van der Waals surface area contributed by atoms with Crippen LogP contribution in [0.4, 0.5) is 5.69 Å². The third-order valence-electron chi connectivity index (χ3n) is 3.63. The summed E-state index contributed by atoms with van der Waals surface area (Å²) >= 11 is 0. The predicted octanol–water partition coefficient (Wildman–Crippen LogP) is 2.97. The van der Waals surface area contributed by atoms with Crippen molar-refractivity contribution in [3.05, 3.63) is 77.4 Å². The van der Waals surface area contributed by atoms with Crippen LogP contribution in [0.3, 0.4) is 0 Å². The van der Waals surface area contributed by atoms with Gasteiger partial charge in [-0.25, -0.2) is 0 Å². The summed E-state index contributed by atoms with van der Waals surface area (Å²) in [5.41, 5.74) is 4.49. The maximum atomic E-state index is 12.3. The van der Waals surface area contributed by atoms with Crippen molar-refractivity contribution < 1.29 is 4.79 Å². The molecular weight excluding hydrogens is 288 g/mol. The molecule has 3 rings (SSSR count). The SMILES string of the molecule is Cc1nn(C)cc1C(=O)Nc1ccc(Cc2ccncc2)cc1. The molecule has 2 aromatic heterocycles. The van der Waals surface area contributed by atoms with Gasteiger partial charge in [-0.2, -0.15) is 5.10 Å². The molecule has 5 heteroatoms. The zero-order valence-electron chi connectivity index (χ0n) is 13.2. The highest BCUT2D eigenvalue weighted by molar-refractivity contribution is 6.04. The second-order valence-corrected chi connectivity index (χ2v) is 5.49. The number of hydrogen-bond donors (Lipinski definition) is 1. The van der Waals surface area contributed by atoms with Crippen molar-refractivity contribution in [3.63, 3.8) is 0 Å². The second kappa shape index (κ2) is 6.44. The fourth-order valence-electron chi connectivity index (χ4n) is 2.46. The number of nitrogens with one attached hydrogen (secondary N) is 1. The van der Waals surface area contributed by atoms with Crippen molar-refractivity contribution in [1.29, 1.82) is 0 Å². The van der Waals surface area contributed by atoms with E-state index in [1.807, 2.05) is 43.3 Å². The molecule has 1 N–H and O–H groups in total. The van der Waals surface area contributed by atoms with Crippen LogP contribution in [-0.2, 0) is 13.5 Å². The summed E-state index contributed by atoms with van der Waals surface area (Å²) in [4.78, 5) is 16.3. The number of benzene rings is 1. The Kier molecular flexibility index (Phi) is 4.19. The molecule has 0 aliphatic heterocycles. The van der Waals surface area contributed by atoms with E-state index < -0.39 is 0 Å². The Morgan fingerprint density at radius 1 is 1.09 bits per heavy atom. The minimum absolute atomic E-state index is 0.141. The first-order valence-electron chi connectivity index (χ1n) is 7.41. The monoisotopic (exact) mass is 306 g/mol. The lowest BCUT2D eigenvalue weighted by atomic mass is 10.1. The second-order valence-electron chi connectivity index (χ2n) is 5.49. The Labute approximate surface area is 135 Å². The zero-order chi connectivity index (χ0) is 16.2. The lowest BCUT2D eigenvalue weighted by Gasteiger charge is -2.06. The highest BCUT2D eigenvalue weighted by Gasteiger charge is 2.12. The van der Waals surface area contributed by atoms with E-state index in [9.17, 15) is 4.79 Å². The third kappa shape index (κ3) is 3.63.